The maximum Gasteiger partial charge on any atom is 0.226 e. The zero-order valence-corrected chi connectivity index (χ0v) is 13.8. The number of unbranched alkanes of at least 4 members (excludes halogenated alkanes) is 2. The molecule has 0 radical (unpaired) electrons. The van der Waals surface area contributed by atoms with Crippen LogP contribution in [-0.2, 0) is 4.79 Å². The molecule has 0 saturated heterocycles. The van der Waals surface area contributed by atoms with Crippen molar-refractivity contribution >= 4 is 28.9 Å². The first kappa shape index (κ1) is 17.4. The molecule has 0 aliphatic heterocycles. The molecule has 0 aliphatic carbocycles. The van der Waals surface area contributed by atoms with Crippen LogP contribution < -0.4 is 15.4 Å². The number of anilines is 1. The molecule has 0 unspecified atom stereocenters. The van der Waals surface area contributed by atoms with E-state index in [2.05, 4.69) is 17.6 Å². The highest BCUT2D eigenvalue weighted by molar-refractivity contribution is 7.80. The van der Waals surface area contributed by atoms with Crippen molar-refractivity contribution in [2.75, 3.05) is 5.32 Å². The summed E-state index contributed by atoms with van der Waals surface area (Å²) in [6, 6.07) is 7.47. The number of hydrogen-bond donors (Lipinski definition) is 2. The molecule has 4 nitrogen and oxygen atoms in total. The summed E-state index contributed by atoms with van der Waals surface area (Å²) in [6.45, 7) is 6.07. The fourth-order valence-electron chi connectivity index (χ4n) is 1.78. The van der Waals surface area contributed by atoms with E-state index in [9.17, 15) is 4.79 Å². The second kappa shape index (κ2) is 9.34. The minimum atomic E-state index is -0.0410. The first-order valence-electron chi connectivity index (χ1n) is 7.38. The van der Waals surface area contributed by atoms with Crippen LogP contribution in [0.15, 0.2) is 24.3 Å². The van der Waals surface area contributed by atoms with Crippen molar-refractivity contribution in [3.8, 4) is 5.75 Å². The van der Waals surface area contributed by atoms with E-state index in [-0.39, 0.29) is 12.0 Å². The van der Waals surface area contributed by atoms with Crippen LogP contribution in [0, 0.1) is 0 Å². The molecule has 0 atom stereocenters. The van der Waals surface area contributed by atoms with Crippen molar-refractivity contribution in [3.63, 3.8) is 0 Å². The van der Waals surface area contributed by atoms with Crippen LogP contribution in [0.5, 0.6) is 5.75 Å². The first-order chi connectivity index (χ1) is 10.0. The zero-order valence-electron chi connectivity index (χ0n) is 12.9. The van der Waals surface area contributed by atoms with Gasteiger partial charge in [0.25, 0.3) is 0 Å². The molecule has 5 heteroatoms. The van der Waals surface area contributed by atoms with Crippen LogP contribution in [0.4, 0.5) is 5.69 Å². The van der Waals surface area contributed by atoms with Gasteiger partial charge in [-0.25, -0.2) is 0 Å². The number of ether oxygens (including phenoxy) is 1. The molecule has 0 aromatic heterocycles. The van der Waals surface area contributed by atoms with Gasteiger partial charge < -0.3 is 15.4 Å². The van der Waals surface area contributed by atoms with Crippen molar-refractivity contribution in [2.24, 2.45) is 0 Å². The van der Waals surface area contributed by atoms with Gasteiger partial charge in [0.2, 0.25) is 5.91 Å². The van der Waals surface area contributed by atoms with E-state index in [1.54, 1.807) is 0 Å². The summed E-state index contributed by atoms with van der Waals surface area (Å²) in [5.41, 5.74) is 0.824. The van der Waals surface area contributed by atoms with Gasteiger partial charge in [-0.2, -0.15) is 0 Å². The van der Waals surface area contributed by atoms with Crippen LogP contribution in [0.25, 0.3) is 0 Å². The van der Waals surface area contributed by atoms with Gasteiger partial charge in [0.1, 0.15) is 5.75 Å². The van der Waals surface area contributed by atoms with Gasteiger partial charge >= 0.3 is 0 Å². The Morgan fingerprint density at radius 3 is 2.48 bits per heavy atom. The number of thiocarbonyl (C=S) groups is 1. The van der Waals surface area contributed by atoms with Crippen LogP contribution in [0.3, 0.4) is 0 Å². The molecule has 21 heavy (non-hydrogen) atoms. The van der Waals surface area contributed by atoms with Gasteiger partial charge in [0.15, 0.2) is 5.11 Å². The minimum Gasteiger partial charge on any atom is -0.491 e. The monoisotopic (exact) mass is 308 g/mol. The normalized spacial score (nSPS) is 10.3. The number of carbonyl (C=O) groups is 1. The van der Waals surface area contributed by atoms with E-state index in [0.29, 0.717) is 11.5 Å². The molecular weight excluding hydrogens is 284 g/mol. The van der Waals surface area contributed by atoms with Gasteiger partial charge in [-0.05, 0) is 56.8 Å². The predicted octanol–water partition coefficient (Wildman–Crippen LogP) is 3.87. The molecule has 0 spiro atoms. The third-order valence-corrected chi connectivity index (χ3v) is 2.95. The molecule has 0 aliphatic rings. The van der Waals surface area contributed by atoms with E-state index in [0.717, 1.165) is 30.7 Å². The maximum atomic E-state index is 11.6. The maximum absolute atomic E-state index is 11.6. The van der Waals surface area contributed by atoms with E-state index in [4.69, 9.17) is 17.0 Å². The fourth-order valence-corrected chi connectivity index (χ4v) is 2.01. The highest BCUT2D eigenvalue weighted by Gasteiger charge is 2.05. The summed E-state index contributed by atoms with van der Waals surface area (Å²) in [7, 11) is 0. The van der Waals surface area contributed by atoms with Crippen molar-refractivity contribution in [3.05, 3.63) is 24.3 Å². The Bertz CT molecular complexity index is 458. The van der Waals surface area contributed by atoms with Crippen LogP contribution in [-0.4, -0.2) is 17.1 Å². The number of nitrogens with one attached hydrogen (secondary N) is 2. The van der Waals surface area contributed by atoms with Gasteiger partial charge in [0, 0.05) is 12.1 Å². The summed E-state index contributed by atoms with van der Waals surface area (Å²) in [6.07, 6.45) is 3.71. The summed E-state index contributed by atoms with van der Waals surface area (Å²) >= 11 is 5.12. The largest absolute Gasteiger partial charge is 0.491 e. The molecule has 1 aromatic rings. The SMILES string of the molecule is CCCCCC(=O)NC(=S)Nc1ccc(OC(C)C)cc1. The summed E-state index contributed by atoms with van der Waals surface area (Å²) < 4.78 is 5.56. The molecule has 2 N–H and O–H groups in total. The van der Waals surface area contributed by atoms with Crippen molar-refractivity contribution < 1.29 is 9.53 Å². The molecule has 1 amide bonds. The van der Waals surface area contributed by atoms with Gasteiger partial charge in [-0.1, -0.05) is 19.8 Å². The Morgan fingerprint density at radius 2 is 1.90 bits per heavy atom. The Morgan fingerprint density at radius 1 is 1.24 bits per heavy atom. The number of amides is 1. The second-order valence-corrected chi connectivity index (χ2v) is 5.56. The van der Waals surface area contributed by atoms with Crippen LogP contribution >= 0.6 is 12.2 Å². The Labute approximate surface area is 132 Å². The number of hydrogen-bond acceptors (Lipinski definition) is 3. The van der Waals surface area contributed by atoms with Gasteiger partial charge in [-0.15, -0.1) is 0 Å². The number of rotatable bonds is 7. The zero-order chi connectivity index (χ0) is 15.7. The standard InChI is InChI=1S/C16H24N2O2S/c1-4-5-6-7-15(19)18-16(21)17-13-8-10-14(11-9-13)20-12(2)3/h8-12H,4-7H2,1-3H3,(H2,17,18,19,21). The molecular formula is C16H24N2O2S. The Kier molecular flexibility index (Phi) is 7.75. The second-order valence-electron chi connectivity index (χ2n) is 5.15. The lowest BCUT2D eigenvalue weighted by Crippen LogP contribution is -2.33. The molecule has 0 fully saturated rings. The predicted molar refractivity (Wildman–Crippen MR) is 90.7 cm³/mol. The molecule has 0 saturated carbocycles. The lowest BCUT2D eigenvalue weighted by atomic mass is 10.2. The van der Waals surface area contributed by atoms with Crippen LogP contribution in [0.2, 0.25) is 0 Å². The molecule has 0 heterocycles. The van der Waals surface area contributed by atoms with Gasteiger partial charge in [0.05, 0.1) is 6.10 Å². The lowest BCUT2D eigenvalue weighted by molar-refractivity contribution is -0.119. The quantitative estimate of drug-likeness (QED) is 0.593. The molecule has 1 rings (SSSR count). The highest BCUT2D eigenvalue weighted by atomic mass is 32.1. The molecule has 116 valence electrons. The van der Waals surface area contributed by atoms with Crippen molar-refractivity contribution in [1.29, 1.82) is 0 Å². The van der Waals surface area contributed by atoms with E-state index in [1.807, 2.05) is 38.1 Å². The number of benzene rings is 1. The average Bonchev–Trinajstić information content (AvgIpc) is 2.40. The third-order valence-electron chi connectivity index (χ3n) is 2.74. The summed E-state index contributed by atoms with van der Waals surface area (Å²) in [5.74, 6) is 0.769. The van der Waals surface area contributed by atoms with Crippen molar-refractivity contribution in [2.45, 2.75) is 52.6 Å². The van der Waals surface area contributed by atoms with Crippen LogP contribution in [0.1, 0.15) is 46.5 Å². The summed E-state index contributed by atoms with van der Waals surface area (Å²) in [4.78, 5) is 11.6. The fraction of sp³-hybridized carbons (Fsp3) is 0.500. The highest BCUT2D eigenvalue weighted by Crippen LogP contribution is 2.16. The smallest absolute Gasteiger partial charge is 0.226 e. The minimum absolute atomic E-state index is 0.0410. The molecule has 0 bridgehead atoms. The Balaban J connectivity index is 2.38. The Hall–Kier alpha value is -1.62. The van der Waals surface area contributed by atoms with E-state index < -0.39 is 0 Å². The van der Waals surface area contributed by atoms with Gasteiger partial charge in [-0.3, -0.25) is 4.79 Å². The first-order valence-corrected chi connectivity index (χ1v) is 7.79. The third kappa shape index (κ3) is 7.66. The van der Waals surface area contributed by atoms with Crippen molar-refractivity contribution in [1.82, 2.24) is 5.32 Å². The average molecular weight is 308 g/mol. The molecule has 1 aromatic carbocycles. The van der Waals surface area contributed by atoms with E-state index in [1.165, 1.54) is 0 Å². The van der Waals surface area contributed by atoms with E-state index >= 15 is 0 Å². The number of carbonyl (C=O) groups excluding carboxylic acids is 1. The summed E-state index contributed by atoms with van der Waals surface area (Å²) in [5, 5.41) is 6.00. The lowest BCUT2D eigenvalue weighted by Gasteiger charge is -2.12. The topological polar surface area (TPSA) is 50.4 Å².